The molecule has 33 heavy (non-hydrogen) atoms. The van der Waals surface area contributed by atoms with Gasteiger partial charge < -0.3 is 4.90 Å². The van der Waals surface area contributed by atoms with Crippen molar-refractivity contribution in [1.82, 2.24) is 14.9 Å². The first-order valence-corrected chi connectivity index (χ1v) is 11.3. The topological polar surface area (TPSA) is 66.4 Å². The quantitative estimate of drug-likeness (QED) is 0.577. The van der Waals surface area contributed by atoms with E-state index in [4.69, 9.17) is 4.98 Å². The van der Waals surface area contributed by atoms with Crippen molar-refractivity contribution in [3.8, 4) is 0 Å². The SMILES string of the molecule is Cc1ccc(CC(=O)N(C)Cc2nc(C)c3c(n2)N(Cc2ccccc2)C(=O)CC3)cc1C. The first-order chi connectivity index (χ1) is 15.8. The molecule has 0 radical (unpaired) electrons. The lowest BCUT2D eigenvalue weighted by atomic mass is 10.0. The highest BCUT2D eigenvalue weighted by Gasteiger charge is 2.28. The molecular formula is C27H30N4O2. The Balaban J connectivity index is 1.54. The molecule has 0 N–H and O–H groups in total. The number of rotatable bonds is 6. The van der Waals surface area contributed by atoms with Gasteiger partial charge in [-0.3, -0.25) is 14.5 Å². The van der Waals surface area contributed by atoms with E-state index in [2.05, 4.69) is 24.9 Å². The van der Waals surface area contributed by atoms with Gasteiger partial charge >= 0.3 is 0 Å². The molecule has 2 aromatic carbocycles. The molecule has 0 saturated heterocycles. The first kappa shape index (κ1) is 22.6. The number of benzene rings is 2. The molecule has 2 amide bonds. The average Bonchev–Trinajstić information content (AvgIpc) is 2.79. The lowest BCUT2D eigenvalue weighted by molar-refractivity contribution is -0.129. The van der Waals surface area contributed by atoms with Gasteiger partial charge in [0.2, 0.25) is 11.8 Å². The molecule has 0 unspecified atom stereocenters. The third-order valence-corrected chi connectivity index (χ3v) is 6.30. The number of aromatic nitrogens is 2. The lowest BCUT2D eigenvalue weighted by Crippen LogP contribution is -2.37. The maximum absolute atomic E-state index is 12.9. The fourth-order valence-electron chi connectivity index (χ4n) is 4.16. The van der Waals surface area contributed by atoms with E-state index in [0.29, 0.717) is 44.0 Å². The van der Waals surface area contributed by atoms with Crippen molar-refractivity contribution < 1.29 is 9.59 Å². The Bertz CT molecular complexity index is 1190. The molecule has 6 heteroatoms. The van der Waals surface area contributed by atoms with Gasteiger partial charge in [0.15, 0.2) is 0 Å². The molecule has 1 aromatic heterocycles. The Hall–Kier alpha value is -3.54. The average molecular weight is 443 g/mol. The summed E-state index contributed by atoms with van der Waals surface area (Å²) in [6.07, 6.45) is 1.44. The molecule has 2 heterocycles. The minimum atomic E-state index is 0.00875. The Labute approximate surface area is 195 Å². The number of fused-ring (bicyclic) bond motifs is 1. The van der Waals surface area contributed by atoms with Crippen molar-refractivity contribution in [3.63, 3.8) is 0 Å². The zero-order valence-electron chi connectivity index (χ0n) is 19.8. The molecule has 0 fully saturated rings. The van der Waals surface area contributed by atoms with Gasteiger partial charge in [0.25, 0.3) is 0 Å². The predicted octanol–water partition coefficient (Wildman–Crippen LogP) is 4.08. The number of amides is 2. The van der Waals surface area contributed by atoms with Gasteiger partial charge in [-0.25, -0.2) is 9.97 Å². The van der Waals surface area contributed by atoms with E-state index in [1.165, 1.54) is 11.1 Å². The molecule has 0 atom stereocenters. The molecule has 170 valence electrons. The van der Waals surface area contributed by atoms with E-state index in [9.17, 15) is 9.59 Å². The summed E-state index contributed by atoms with van der Waals surface area (Å²) in [7, 11) is 1.77. The maximum Gasteiger partial charge on any atom is 0.228 e. The van der Waals surface area contributed by atoms with Crippen LogP contribution in [0.2, 0.25) is 0 Å². The smallest absolute Gasteiger partial charge is 0.228 e. The van der Waals surface area contributed by atoms with Crippen molar-refractivity contribution >= 4 is 17.6 Å². The number of carbonyl (C=O) groups is 2. The fourth-order valence-corrected chi connectivity index (χ4v) is 4.16. The van der Waals surface area contributed by atoms with Crippen LogP contribution in [0, 0.1) is 20.8 Å². The highest BCUT2D eigenvalue weighted by atomic mass is 16.2. The van der Waals surface area contributed by atoms with E-state index in [0.717, 1.165) is 22.4 Å². The summed E-state index contributed by atoms with van der Waals surface area (Å²) < 4.78 is 0. The second-order valence-electron chi connectivity index (χ2n) is 8.84. The number of hydrogen-bond acceptors (Lipinski definition) is 4. The Morgan fingerprint density at radius 3 is 2.45 bits per heavy atom. The van der Waals surface area contributed by atoms with Gasteiger partial charge in [0, 0.05) is 24.7 Å². The minimum Gasteiger partial charge on any atom is -0.338 e. The van der Waals surface area contributed by atoms with Gasteiger partial charge in [-0.1, -0.05) is 48.5 Å². The monoisotopic (exact) mass is 442 g/mol. The summed E-state index contributed by atoms with van der Waals surface area (Å²) in [4.78, 5) is 38.5. The Morgan fingerprint density at radius 2 is 1.73 bits per heavy atom. The Kier molecular flexibility index (Phi) is 6.54. The number of aryl methyl sites for hydroxylation is 3. The fraction of sp³-hybridized carbons (Fsp3) is 0.333. The van der Waals surface area contributed by atoms with Crippen LogP contribution in [0.15, 0.2) is 48.5 Å². The predicted molar refractivity (Wildman–Crippen MR) is 129 cm³/mol. The minimum absolute atomic E-state index is 0.00875. The molecular weight excluding hydrogens is 412 g/mol. The third kappa shape index (κ3) is 5.11. The molecule has 1 aliphatic rings. The van der Waals surface area contributed by atoms with E-state index >= 15 is 0 Å². The van der Waals surface area contributed by atoms with Gasteiger partial charge in [0.05, 0.1) is 19.5 Å². The van der Waals surface area contributed by atoms with Crippen LogP contribution in [-0.4, -0.2) is 33.7 Å². The number of carbonyl (C=O) groups excluding carboxylic acids is 2. The second kappa shape index (κ2) is 9.53. The van der Waals surface area contributed by atoms with Gasteiger partial charge in [-0.05, 0) is 49.4 Å². The van der Waals surface area contributed by atoms with Crippen LogP contribution in [0.5, 0.6) is 0 Å². The summed E-state index contributed by atoms with van der Waals surface area (Å²) >= 11 is 0. The molecule has 0 saturated carbocycles. The summed E-state index contributed by atoms with van der Waals surface area (Å²) in [5, 5.41) is 0. The van der Waals surface area contributed by atoms with Gasteiger partial charge in [-0.15, -0.1) is 0 Å². The van der Waals surface area contributed by atoms with E-state index in [1.807, 2.05) is 49.4 Å². The van der Waals surface area contributed by atoms with Crippen LogP contribution in [-0.2, 0) is 35.5 Å². The summed E-state index contributed by atoms with van der Waals surface area (Å²) in [5.41, 5.74) is 6.33. The van der Waals surface area contributed by atoms with E-state index < -0.39 is 0 Å². The van der Waals surface area contributed by atoms with Crippen LogP contribution in [0.25, 0.3) is 0 Å². The van der Waals surface area contributed by atoms with Crippen molar-refractivity contribution in [2.75, 3.05) is 11.9 Å². The van der Waals surface area contributed by atoms with Crippen LogP contribution in [0.4, 0.5) is 5.82 Å². The molecule has 4 rings (SSSR count). The van der Waals surface area contributed by atoms with E-state index in [-0.39, 0.29) is 11.8 Å². The van der Waals surface area contributed by atoms with Crippen LogP contribution >= 0.6 is 0 Å². The summed E-state index contributed by atoms with van der Waals surface area (Å²) in [5.74, 6) is 1.30. The zero-order chi connectivity index (χ0) is 23.5. The summed E-state index contributed by atoms with van der Waals surface area (Å²) in [6, 6.07) is 16.0. The maximum atomic E-state index is 12.9. The Morgan fingerprint density at radius 1 is 0.970 bits per heavy atom. The zero-order valence-corrected chi connectivity index (χ0v) is 19.8. The molecule has 0 spiro atoms. The van der Waals surface area contributed by atoms with Crippen LogP contribution in [0.1, 0.15) is 45.8 Å². The first-order valence-electron chi connectivity index (χ1n) is 11.3. The molecule has 1 aliphatic heterocycles. The number of nitrogens with zero attached hydrogens (tertiary/aromatic N) is 4. The third-order valence-electron chi connectivity index (χ3n) is 6.30. The van der Waals surface area contributed by atoms with Crippen LogP contribution in [0.3, 0.4) is 0 Å². The highest BCUT2D eigenvalue weighted by molar-refractivity contribution is 5.95. The lowest BCUT2D eigenvalue weighted by Gasteiger charge is -2.30. The van der Waals surface area contributed by atoms with Gasteiger partial charge in [0.1, 0.15) is 11.6 Å². The van der Waals surface area contributed by atoms with E-state index in [1.54, 1.807) is 16.8 Å². The highest BCUT2D eigenvalue weighted by Crippen LogP contribution is 2.29. The standard InChI is InChI=1S/C27H30N4O2/c1-18-10-11-22(14-19(18)2)15-26(33)30(4)17-24-28-20(3)23-12-13-25(32)31(27(23)29-24)16-21-8-6-5-7-9-21/h5-11,14H,12-13,15-17H2,1-4H3. The van der Waals surface area contributed by atoms with Crippen molar-refractivity contribution in [3.05, 3.63) is 87.9 Å². The van der Waals surface area contributed by atoms with Crippen molar-refractivity contribution in [2.45, 2.75) is 53.1 Å². The number of anilines is 1. The van der Waals surface area contributed by atoms with Crippen molar-refractivity contribution in [1.29, 1.82) is 0 Å². The molecule has 6 nitrogen and oxygen atoms in total. The largest absolute Gasteiger partial charge is 0.338 e. The summed E-state index contributed by atoms with van der Waals surface area (Å²) in [6.45, 7) is 6.85. The number of hydrogen-bond donors (Lipinski definition) is 0. The molecule has 0 aliphatic carbocycles. The normalized spacial score (nSPS) is 13.1. The number of likely N-dealkylation sites (N-methyl/N-ethyl adjacent to an activating group) is 1. The van der Waals surface area contributed by atoms with Gasteiger partial charge in [-0.2, -0.15) is 0 Å². The molecule has 3 aromatic rings. The molecule has 0 bridgehead atoms. The van der Waals surface area contributed by atoms with Crippen molar-refractivity contribution in [2.24, 2.45) is 0 Å². The second-order valence-corrected chi connectivity index (χ2v) is 8.84. The van der Waals surface area contributed by atoms with Crippen LogP contribution < -0.4 is 4.90 Å².